The number of rotatable bonds is 3. The standard InChI is InChI=1S/C23H17BrN2O4/c24-16-11-5-6-12-17(16)25-22(28)19-20(15-10-4-7-13-18(15)27)26(30-21(19)23(25)29)14-8-2-1-3-9-14/h1-13,19-21,27H. The fraction of sp³-hybridized carbons (Fsp3) is 0.130. The van der Waals surface area contributed by atoms with Crippen molar-refractivity contribution in [1.29, 1.82) is 0 Å². The second-order valence-electron chi connectivity index (χ2n) is 7.18. The van der Waals surface area contributed by atoms with Gasteiger partial charge in [0.05, 0.1) is 17.4 Å². The summed E-state index contributed by atoms with van der Waals surface area (Å²) < 4.78 is 0.644. The van der Waals surface area contributed by atoms with Crippen molar-refractivity contribution in [1.82, 2.24) is 0 Å². The molecular formula is C23H17BrN2O4. The van der Waals surface area contributed by atoms with Gasteiger partial charge in [0.15, 0.2) is 6.10 Å². The molecule has 0 aromatic heterocycles. The zero-order valence-electron chi connectivity index (χ0n) is 15.7. The van der Waals surface area contributed by atoms with E-state index in [2.05, 4.69) is 15.9 Å². The Labute approximate surface area is 181 Å². The summed E-state index contributed by atoms with van der Waals surface area (Å²) in [5.74, 6) is -1.52. The summed E-state index contributed by atoms with van der Waals surface area (Å²) in [4.78, 5) is 34.0. The van der Waals surface area contributed by atoms with Crippen LogP contribution in [0.5, 0.6) is 5.75 Å². The number of para-hydroxylation sites is 3. The number of imide groups is 1. The zero-order valence-corrected chi connectivity index (χ0v) is 17.3. The monoisotopic (exact) mass is 464 g/mol. The summed E-state index contributed by atoms with van der Waals surface area (Å²) in [7, 11) is 0. The number of hydrogen-bond donors (Lipinski definition) is 1. The molecule has 0 saturated carbocycles. The lowest BCUT2D eigenvalue weighted by Gasteiger charge is -2.29. The lowest BCUT2D eigenvalue weighted by molar-refractivity contribution is -0.126. The van der Waals surface area contributed by atoms with E-state index in [4.69, 9.17) is 4.84 Å². The summed E-state index contributed by atoms with van der Waals surface area (Å²) >= 11 is 3.42. The lowest BCUT2D eigenvalue weighted by Crippen LogP contribution is -2.37. The number of phenols is 1. The van der Waals surface area contributed by atoms with Gasteiger partial charge in [0.2, 0.25) is 5.91 Å². The molecule has 5 rings (SSSR count). The summed E-state index contributed by atoms with van der Waals surface area (Å²) in [6.45, 7) is 0. The van der Waals surface area contributed by atoms with E-state index in [0.717, 1.165) is 0 Å². The van der Waals surface area contributed by atoms with E-state index in [-0.39, 0.29) is 11.7 Å². The van der Waals surface area contributed by atoms with Gasteiger partial charge in [0.25, 0.3) is 5.91 Å². The largest absolute Gasteiger partial charge is 0.508 e. The Kier molecular flexibility index (Phi) is 4.56. The molecule has 0 bridgehead atoms. The van der Waals surface area contributed by atoms with Crippen molar-refractivity contribution >= 4 is 39.1 Å². The van der Waals surface area contributed by atoms with Gasteiger partial charge in [-0.25, -0.2) is 9.96 Å². The molecule has 1 N–H and O–H groups in total. The SMILES string of the molecule is O=C1C2ON(c3ccccc3)C(c3ccccc3O)C2C(=O)N1c1ccccc1Br. The maximum absolute atomic E-state index is 13.5. The minimum atomic E-state index is -0.977. The average Bonchev–Trinajstić information content (AvgIpc) is 3.26. The molecule has 7 heteroatoms. The fourth-order valence-electron chi connectivity index (χ4n) is 4.14. The molecule has 2 saturated heterocycles. The van der Waals surface area contributed by atoms with Crippen molar-refractivity contribution in [3.63, 3.8) is 0 Å². The minimum absolute atomic E-state index is 0.0484. The smallest absolute Gasteiger partial charge is 0.266 e. The Hall–Kier alpha value is -3.16. The highest BCUT2D eigenvalue weighted by atomic mass is 79.9. The van der Waals surface area contributed by atoms with Crippen LogP contribution in [-0.4, -0.2) is 23.0 Å². The van der Waals surface area contributed by atoms with Crippen LogP contribution in [0.15, 0.2) is 83.3 Å². The van der Waals surface area contributed by atoms with Crippen LogP contribution in [0.25, 0.3) is 0 Å². The predicted octanol–water partition coefficient (Wildman–Crippen LogP) is 4.21. The van der Waals surface area contributed by atoms with Crippen LogP contribution in [0.1, 0.15) is 11.6 Å². The number of amides is 2. The zero-order chi connectivity index (χ0) is 20.8. The quantitative estimate of drug-likeness (QED) is 0.588. The van der Waals surface area contributed by atoms with Crippen LogP contribution in [0.4, 0.5) is 11.4 Å². The number of nitrogens with zero attached hydrogens (tertiary/aromatic N) is 2. The van der Waals surface area contributed by atoms with Crippen molar-refractivity contribution in [2.75, 3.05) is 9.96 Å². The van der Waals surface area contributed by atoms with E-state index in [1.54, 1.807) is 47.5 Å². The van der Waals surface area contributed by atoms with Gasteiger partial charge in [-0.05, 0) is 46.3 Å². The Bertz CT molecular complexity index is 1140. The summed E-state index contributed by atoms with van der Waals surface area (Å²) in [5, 5.41) is 12.1. The van der Waals surface area contributed by atoms with Crippen LogP contribution in [0.2, 0.25) is 0 Å². The second-order valence-corrected chi connectivity index (χ2v) is 8.03. The first kappa shape index (κ1) is 18.8. The van der Waals surface area contributed by atoms with Gasteiger partial charge in [-0.2, -0.15) is 0 Å². The van der Waals surface area contributed by atoms with Crippen molar-refractivity contribution in [3.8, 4) is 5.75 Å². The van der Waals surface area contributed by atoms with Gasteiger partial charge in [-0.1, -0.05) is 48.5 Å². The van der Waals surface area contributed by atoms with Gasteiger partial charge < -0.3 is 5.11 Å². The van der Waals surface area contributed by atoms with Gasteiger partial charge in [-0.3, -0.25) is 14.4 Å². The first-order valence-electron chi connectivity index (χ1n) is 9.49. The molecule has 3 atom stereocenters. The molecule has 30 heavy (non-hydrogen) atoms. The van der Waals surface area contributed by atoms with E-state index in [9.17, 15) is 14.7 Å². The third kappa shape index (κ3) is 2.81. The molecule has 3 aromatic rings. The highest BCUT2D eigenvalue weighted by molar-refractivity contribution is 9.10. The van der Waals surface area contributed by atoms with E-state index < -0.39 is 24.0 Å². The molecule has 0 spiro atoms. The highest BCUT2D eigenvalue weighted by Gasteiger charge is 2.60. The average molecular weight is 465 g/mol. The molecule has 2 heterocycles. The molecule has 2 fully saturated rings. The van der Waals surface area contributed by atoms with E-state index >= 15 is 0 Å². The predicted molar refractivity (Wildman–Crippen MR) is 115 cm³/mol. The summed E-state index contributed by atoms with van der Waals surface area (Å²) in [6.07, 6.45) is -0.977. The number of hydrogen-bond acceptors (Lipinski definition) is 5. The number of phenolic OH excluding ortho intramolecular Hbond substituents is 1. The Morgan fingerprint density at radius 1 is 0.833 bits per heavy atom. The Morgan fingerprint density at radius 2 is 1.50 bits per heavy atom. The van der Waals surface area contributed by atoms with Crippen LogP contribution in [0, 0.1) is 5.92 Å². The first-order chi connectivity index (χ1) is 14.6. The maximum Gasteiger partial charge on any atom is 0.266 e. The lowest BCUT2D eigenvalue weighted by atomic mass is 9.90. The van der Waals surface area contributed by atoms with Crippen LogP contribution in [0.3, 0.4) is 0 Å². The van der Waals surface area contributed by atoms with E-state index in [1.807, 2.05) is 36.4 Å². The van der Waals surface area contributed by atoms with Crippen LogP contribution < -0.4 is 9.96 Å². The fourth-order valence-corrected chi connectivity index (χ4v) is 4.60. The van der Waals surface area contributed by atoms with Crippen LogP contribution in [-0.2, 0) is 14.4 Å². The molecule has 3 unspecified atom stereocenters. The van der Waals surface area contributed by atoms with Crippen LogP contribution >= 0.6 is 15.9 Å². The molecular weight excluding hydrogens is 448 g/mol. The van der Waals surface area contributed by atoms with Crippen molar-refractivity contribution in [2.24, 2.45) is 5.92 Å². The van der Waals surface area contributed by atoms with Crippen molar-refractivity contribution in [3.05, 3.63) is 88.9 Å². The van der Waals surface area contributed by atoms with E-state index in [1.165, 1.54) is 4.90 Å². The van der Waals surface area contributed by atoms with Gasteiger partial charge in [0, 0.05) is 10.0 Å². The Morgan fingerprint density at radius 3 is 2.23 bits per heavy atom. The number of carbonyl (C=O) groups is 2. The number of anilines is 2. The summed E-state index contributed by atoms with van der Waals surface area (Å²) in [6, 6.07) is 22.5. The number of fused-ring (bicyclic) bond motifs is 1. The Balaban J connectivity index is 1.62. The topological polar surface area (TPSA) is 70.1 Å². The normalized spacial score (nSPS) is 23.2. The molecule has 3 aromatic carbocycles. The molecule has 0 aliphatic carbocycles. The molecule has 6 nitrogen and oxygen atoms in total. The maximum atomic E-state index is 13.5. The number of carbonyl (C=O) groups excluding carboxylic acids is 2. The third-order valence-corrected chi connectivity index (χ3v) is 6.15. The van der Waals surface area contributed by atoms with Gasteiger partial charge in [-0.15, -0.1) is 0 Å². The minimum Gasteiger partial charge on any atom is -0.508 e. The molecule has 0 radical (unpaired) electrons. The first-order valence-corrected chi connectivity index (χ1v) is 10.3. The molecule has 2 aliphatic heterocycles. The number of benzene rings is 3. The number of hydroxylamine groups is 1. The third-order valence-electron chi connectivity index (χ3n) is 5.47. The second kappa shape index (κ2) is 7.27. The van der Waals surface area contributed by atoms with Gasteiger partial charge >= 0.3 is 0 Å². The van der Waals surface area contributed by atoms with E-state index in [0.29, 0.717) is 21.4 Å². The molecule has 2 aliphatic rings. The molecule has 150 valence electrons. The summed E-state index contributed by atoms with van der Waals surface area (Å²) in [5.41, 5.74) is 1.71. The van der Waals surface area contributed by atoms with Crippen molar-refractivity contribution in [2.45, 2.75) is 12.1 Å². The van der Waals surface area contributed by atoms with Gasteiger partial charge in [0.1, 0.15) is 11.7 Å². The number of halogens is 1. The highest BCUT2D eigenvalue weighted by Crippen LogP contribution is 2.49. The van der Waals surface area contributed by atoms with Crippen molar-refractivity contribution < 1.29 is 19.5 Å². The molecule has 2 amide bonds. The number of aromatic hydroxyl groups is 1.